The van der Waals surface area contributed by atoms with Crippen LogP contribution in [0.3, 0.4) is 0 Å². The summed E-state index contributed by atoms with van der Waals surface area (Å²) in [5, 5.41) is 8.31. The van der Waals surface area contributed by atoms with E-state index in [1.54, 1.807) is 35.4 Å². The van der Waals surface area contributed by atoms with Crippen LogP contribution in [0.25, 0.3) is 17.0 Å². The molecule has 0 aliphatic carbocycles. The molecule has 13 heteroatoms. The predicted octanol–water partition coefficient (Wildman–Crippen LogP) is 3.77. The van der Waals surface area contributed by atoms with Crippen molar-refractivity contribution >= 4 is 63.0 Å². The van der Waals surface area contributed by atoms with Gasteiger partial charge in [-0.15, -0.1) is 0 Å². The number of amidine groups is 1. The van der Waals surface area contributed by atoms with Crippen LogP contribution in [0.2, 0.25) is 5.02 Å². The molecule has 196 valence electrons. The summed E-state index contributed by atoms with van der Waals surface area (Å²) in [6.07, 6.45) is -1.27. The topological polar surface area (TPSA) is 96.7 Å². The number of carbonyl (C=O) groups excluding carboxylic acids is 3. The number of hydrogen-bond donors (Lipinski definition) is 1. The minimum Gasteiger partial charge on any atom is -0.336 e. The molecule has 0 atom stereocenters. The van der Waals surface area contributed by atoms with E-state index in [0.717, 1.165) is 17.0 Å². The number of amides is 1. The Morgan fingerprint density at radius 1 is 1.05 bits per heavy atom. The third-order valence-corrected chi connectivity index (χ3v) is 7.20. The van der Waals surface area contributed by atoms with Gasteiger partial charge in [0.25, 0.3) is 5.91 Å². The monoisotopic (exact) mass is 561 g/mol. The normalized spacial score (nSPS) is 18.3. The molecule has 4 heterocycles. The van der Waals surface area contributed by atoms with Crippen molar-refractivity contribution < 1.29 is 27.6 Å². The van der Waals surface area contributed by atoms with E-state index in [9.17, 15) is 27.6 Å². The molecule has 2 aromatic carbocycles. The Kier molecular flexibility index (Phi) is 7.12. The maximum absolute atomic E-state index is 13.4. The Balaban J connectivity index is 0.000000529. The fraction of sp³-hybridized carbons (Fsp3) is 0.240. The standard InChI is InChI=1S/C22H14ClF3N4O2S.C3H5NO/c23-15-3-2-13(17(7-15)22(24,25)26)9-30-18-4-1-12(5-14(18)8-27-30)6-19-20(32)28-21(33-19)29-10-16(31)11-29;5-3-1-4-2-3/h1-8H,9-11H2;4H,1-2H2. The zero-order valence-electron chi connectivity index (χ0n) is 19.6. The molecule has 1 amide bonds. The molecule has 2 saturated heterocycles. The van der Waals surface area contributed by atoms with E-state index in [2.05, 4.69) is 15.4 Å². The summed E-state index contributed by atoms with van der Waals surface area (Å²) in [4.78, 5) is 39.4. The largest absolute Gasteiger partial charge is 0.416 e. The van der Waals surface area contributed by atoms with Crippen LogP contribution in [0.1, 0.15) is 16.7 Å². The molecular formula is C25H19ClF3N5O3S. The molecule has 3 aromatic rings. The molecule has 0 bridgehead atoms. The van der Waals surface area contributed by atoms with E-state index < -0.39 is 11.7 Å². The van der Waals surface area contributed by atoms with Gasteiger partial charge in [-0.1, -0.05) is 23.7 Å². The number of aliphatic imine (C=N–C) groups is 1. The molecule has 0 saturated carbocycles. The lowest BCUT2D eigenvalue weighted by Crippen LogP contribution is -2.49. The molecule has 3 aliphatic rings. The zero-order valence-corrected chi connectivity index (χ0v) is 21.2. The third-order valence-electron chi connectivity index (χ3n) is 5.92. The van der Waals surface area contributed by atoms with E-state index in [-0.39, 0.29) is 41.9 Å². The second-order valence-corrected chi connectivity index (χ2v) is 10.2. The van der Waals surface area contributed by atoms with Crippen LogP contribution in [0.15, 0.2) is 52.5 Å². The first-order valence-corrected chi connectivity index (χ1v) is 12.6. The number of fused-ring (bicyclic) bond motifs is 1. The number of nitrogens with one attached hydrogen (secondary N) is 1. The molecule has 0 unspecified atom stereocenters. The average Bonchev–Trinajstić information content (AvgIpc) is 3.39. The Morgan fingerprint density at radius 3 is 2.42 bits per heavy atom. The number of hydrogen-bond acceptors (Lipinski definition) is 7. The van der Waals surface area contributed by atoms with Crippen molar-refractivity contribution in [1.82, 2.24) is 20.0 Å². The Morgan fingerprint density at radius 2 is 1.79 bits per heavy atom. The lowest BCUT2D eigenvalue weighted by atomic mass is 10.1. The number of nitrogens with zero attached hydrogens (tertiary/aromatic N) is 4. The number of benzene rings is 2. The first kappa shape index (κ1) is 26.1. The minimum absolute atomic E-state index is 0.0150. The Bertz CT molecular complexity index is 1520. The van der Waals surface area contributed by atoms with Gasteiger partial charge in [-0.25, -0.2) is 0 Å². The third kappa shape index (κ3) is 5.66. The minimum atomic E-state index is -4.53. The number of aromatic nitrogens is 2. The van der Waals surface area contributed by atoms with Gasteiger partial charge in [0.15, 0.2) is 16.7 Å². The second kappa shape index (κ2) is 10.4. The highest BCUT2D eigenvalue weighted by atomic mass is 35.5. The summed E-state index contributed by atoms with van der Waals surface area (Å²) in [5.74, 6) is 0.0594. The Hall–Kier alpha value is -3.48. The maximum Gasteiger partial charge on any atom is 0.416 e. The quantitative estimate of drug-likeness (QED) is 0.486. The van der Waals surface area contributed by atoms with Crippen LogP contribution < -0.4 is 5.32 Å². The number of rotatable bonds is 3. The van der Waals surface area contributed by atoms with Gasteiger partial charge in [0.05, 0.1) is 54.9 Å². The van der Waals surface area contributed by atoms with Gasteiger partial charge in [-0.2, -0.15) is 23.3 Å². The van der Waals surface area contributed by atoms with Crippen LogP contribution in [0, 0.1) is 0 Å². The number of alkyl halides is 3. The van der Waals surface area contributed by atoms with Crippen LogP contribution in [0.5, 0.6) is 0 Å². The molecule has 38 heavy (non-hydrogen) atoms. The highest BCUT2D eigenvalue weighted by molar-refractivity contribution is 8.18. The van der Waals surface area contributed by atoms with Gasteiger partial charge in [-0.3, -0.25) is 19.1 Å². The van der Waals surface area contributed by atoms with Gasteiger partial charge in [0.2, 0.25) is 0 Å². The fourth-order valence-corrected chi connectivity index (χ4v) is 4.94. The van der Waals surface area contributed by atoms with E-state index >= 15 is 0 Å². The van der Waals surface area contributed by atoms with Gasteiger partial charge in [-0.05, 0) is 53.2 Å². The summed E-state index contributed by atoms with van der Waals surface area (Å²) in [7, 11) is 0. The summed E-state index contributed by atoms with van der Waals surface area (Å²) >= 11 is 6.98. The van der Waals surface area contributed by atoms with E-state index in [1.165, 1.54) is 28.6 Å². The number of halogens is 4. The molecule has 1 aromatic heterocycles. The van der Waals surface area contributed by atoms with Crippen molar-refractivity contribution in [3.8, 4) is 0 Å². The molecule has 8 nitrogen and oxygen atoms in total. The van der Waals surface area contributed by atoms with Crippen molar-refractivity contribution in [3.63, 3.8) is 0 Å². The summed E-state index contributed by atoms with van der Waals surface area (Å²) in [5.41, 5.74) is 0.653. The summed E-state index contributed by atoms with van der Waals surface area (Å²) in [6, 6.07) is 9.00. The molecule has 2 fully saturated rings. The van der Waals surface area contributed by atoms with Gasteiger partial charge in [0, 0.05) is 10.4 Å². The average molecular weight is 562 g/mol. The van der Waals surface area contributed by atoms with Crippen molar-refractivity contribution in [2.24, 2.45) is 4.99 Å². The predicted molar refractivity (Wildman–Crippen MR) is 138 cm³/mol. The summed E-state index contributed by atoms with van der Waals surface area (Å²) in [6.45, 7) is 1.65. The first-order chi connectivity index (χ1) is 18.1. The van der Waals surface area contributed by atoms with Crippen LogP contribution >= 0.6 is 23.4 Å². The number of Topliss-reactive ketones (excluding diaryl/α,β-unsaturated/α-hetero) is 2. The molecule has 6 rings (SSSR count). The van der Waals surface area contributed by atoms with Crippen LogP contribution in [-0.2, 0) is 27.1 Å². The summed E-state index contributed by atoms with van der Waals surface area (Å²) < 4.78 is 41.7. The van der Waals surface area contributed by atoms with Crippen molar-refractivity contribution in [1.29, 1.82) is 0 Å². The lowest BCUT2D eigenvalue weighted by molar-refractivity contribution is -0.138. The van der Waals surface area contributed by atoms with Gasteiger partial charge in [0.1, 0.15) is 0 Å². The van der Waals surface area contributed by atoms with Crippen molar-refractivity contribution in [2.75, 3.05) is 26.2 Å². The highest BCUT2D eigenvalue weighted by Gasteiger charge is 2.34. The van der Waals surface area contributed by atoms with Crippen molar-refractivity contribution in [3.05, 3.63) is 69.2 Å². The first-order valence-electron chi connectivity index (χ1n) is 11.4. The van der Waals surface area contributed by atoms with E-state index in [4.69, 9.17) is 11.6 Å². The number of likely N-dealkylation sites (tertiary alicyclic amines) is 1. The molecule has 3 aliphatic heterocycles. The molecule has 1 N–H and O–H groups in total. The smallest absolute Gasteiger partial charge is 0.336 e. The molecule has 0 spiro atoms. The molecular weight excluding hydrogens is 543 g/mol. The van der Waals surface area contributed by atoms with Crippen LogP contribution in [0.4, 0.5) is 13.2 Å². The number of thioether (sulfide) groups is 1. The fourth-order valence-electron chi connectivity index (χ4n) is 3.86. The SMILES string of the molecule is O=C1CN(C2=NC(=O)C(=Cc3ccc4c(cnn4Cc4ccc(Cl)cc4C(F)(F)F)c3)S2)C1.O=C1CNC1. The maximum atomic E-state index is 13.4. The number of carbonyl (C=O) groups is 3. The Labute approximate surface area is 223 Å². The van der Waals surface area contributed by atoms with E-state index in [0.29, 0.717) is 34.5 Å². The zero-order chi connectivity index (χ0) is 27.0. The number of ketones is 2. The van der Waals surface area contributed by atoms with Crippen molar-refractivity contribution in [2.45, 2.75) is 12.7 Å². The lowest BCUT2D eigenvalue weighted by Gasteiger charge is -2.29. The van der Waals surface area contributed by atoms with Gasteiger partial charge >= 0.3 is 6.18 Å². The molecule has 0 radical (unpaired) electrons. The second-order valence-electron chi connectivity index (χ2n) is 8.77. The van der Waals surface area contributed by atoms with Gasteiger partial charge < -0.3 is 10.2 Å². The van der Waals surface area contributed by atoms with Crippen LogP contribution in [-0.4, -0.2) is 63.5 Å². The highest BCUT2D eigenvalue weighted by Crippen LogP contribution is 2.35. The van der Waals surface area contributed by atoms with E-state index in [1.807, 2.05) is 0 Å².